The molecule has 1 unspecified atom stereocenters. The largest absolute Gasteiger partial charge is 0.379 e. The molecule has 2 fully saturated rings. The lowest BCUT2D eigenvalue weighted by Crippen LogP contribution is -2.57. The molecule has 0 aromatic carbocycles. The molecule has 1 amide bonds. The molecule has 5 heteroatoms. The summed E-state index contributed by atoms with van der Waals surface area (Å²) in [6.45, 7) is 9.27. The Kier molecular flexibility index (Phi) is 6.45. The Hall–Kier alpha value is -0.650. The molecule has 0 saturated carbocycles. The Morgan fingerprint density at radius 2 is 1.71 bits per heavy atom. The van der Waals surface area contributed by atoms with Crippen molar-refractivity contribution in [3.05, 3.63) is 0 Å². The standard InChI is InChI=1S/C16H31N3O2/c1-3-13(4-2)15(18-9-11-21-12-10-18)16(20)19-7-5-14(17)6-8-19/h13-15H,3-12,17H2,1-2H3. The highest BCUT2D eigenvalue weighted by Crippen LogP contribution is 2.23. The van der Waals surface area contributed by atoms with Gasteiger partial charge in [-0.2, -0.15) is 0 Å². The van der Waals surface area contributed by atoms with Gasteiger partial charge in [0.25, 0.3) is 0 Å². The van der Waals surface area contributed by atoms with Crippen LogP contribution in [0.2, 0.25) is 0 Å². The zero-order valence-electron chi connectivity index (χ0n) is 13.6. The number of carbonyl (C=O) groups is 1. The van der Waals surface area contributed by atoms with E-state index in [1.165, 1.54) is 0 Å². The summed E-state index contributed by atoms with van der Waals surface area (Å²) in [7, 11) is 0. The normalized spacial score (nSPS) is 23.5. The van der Waals surface area contributed by atoms with E-state index < -0.39 is 0 Å². The van der Waals surface area contributed by atoms with Crippen LogP contribution in [0.15, 0.2) is 0 Å². The molecular weight excluding hydrogens is 266 g/mol. The maximum absolute atomic E-state index is 13.1. The minimum absolute atomic E-state index is 0.0261. The average molecular weight is 297 g/mol. The van der Waals surface area contributed by atoms with Crippen LogP contribution < -0.4 is 5.73 Å². The van der Waals surface area contributed by atoms with Crippen molar-refractivity contribution in [3.8, 4) is 0 Å². The van der Waals surface area contributed by atoms with E-state index in [4.69, 9.17) is 10.5 Å². The molecule has 2 saturated heterocycles. The van der Waals surface area contributed by atoms with Crippen LogP contribution in [-0.2, 0) is 9.53 Å². The van der Waals surface area contributed by atoms with Gasteiger partial charge in [0.15, 0.2) is 0 Å². The number of ether oxygens (including phenoxy) is 1. The molecule has 0 radical (unpaired) electrons. The van der Waals surface area contributed by atoms with Gasteiger partial charge in [-0.05, 0) is 18.8 Å². The van der Waals surface area contributed by atoms with Gasteiger partial charge in [-0.3, -0.25) is 9.69 Å². The van der Waals surface area contributed by atoms with E-state index in [0.717, 1.165) is 65.1 Å². The maximum Gasteiger partial charge on any atom is 0.240 e. The van der Waals surface area contributed by atoms with Crippen molar-refractivity contribution < 1.29 is 9.53 Å². The molecule has 0 bridgehead atoms. The molecule has 0 aromatic rings. The summed E-state index contributed by atoms with van der Waals surface area (Å²) in [4.78, 5) is 17.5. The molecule has 0 aromatic heterocycles. The number of nitrogens with zero attached hydrogens (tertiary/aromatic N) is 2. The van der Waals surface area contributed by atoms with Crippen LogP contribution in [0.25, 0.3) is 0 Å². The molecule has 21 heavy (non-hydrogen) atoms. The number of nitrogens with two attached hydrogens (primary N) is 1. The summed E-state index contributed by atoms with van der Waals surface area (Å²) in [6.07, 6.45) is 3.98. The third-order valence-corrected chi connectivity index (χ3v) is 5.04. The first kappa shape index (κ1) is 16.7. The number of hydrogen-bond acceptors (Lipinski definition) is 4. The highest BCUT2D eigenvalue weighted by molar-refractivity contribution is 5.82. The van der Waals surface area contributed by atoms with Gasteiger partial charge < -0.3 is 15.4 Å². The number of piperidine rings is 1. The zero-order chi connectivity index (χ0) is 15.2. The van der Waals surface area contributed by atoms with E-state index in [0.29, 0.717) is 11.8 Å². The van der Waals surface area contributed by atoms with E-state index in [9.17, 15) is 4.79 Å². The number of likely N-dealkylation sites (tertiary alicyclic amines) is 1. The van der Waals surface area contributed by atoms with Crippen molar-refractivity contribution in [2.45, 2.75) is 51.6 Å². The second-order valence-electron chi connectivity index (χ2n) is 6.33. The lowest BCUT2D eigenvalue weighted by atomic mass is 9.90. The Balaban J connectivity index is 2.07. The summed E-state index contributed by atoms with van der Waals surface area (Å²) in [5.41, 5.74) is 5.96. The van der Waals surface area contributed by atoms with Gasteiger partial charge in [0.2, 0.25) is 5.91 Å². The number of rotatable bonds is 5. The Morgan fingerprint density at radius 3 is 2.24 bits per heavy atom. The molecule has 122 valence electrons. The van der Waals surface area contributed by atoms with Crippen LogP contribution in [-0.4, -0.2) is 67.2 Å². The Morgan fingerprint density at radius 1 is 1.14 bits per heavy atom. The van der Waals surface area contributed by atoms with Crippen LogP contribution in [0.4, 0.5) is 0 Å². The number of amides is 1. The molecule has 5 nitrogen and oxygen atoms in total. The quantitative estimate of drug-likeness (QED) is 0.825. The van der Waals surface area contributed by atoms with Crippen molar-refractivity contribution in [2.75, 3.05) is 39.4 Å². The average Bonchev–Trinajstić information content (AvgIpc) is 2.53. The van der Waals surface area contributed by atoms with E-state index in [1.54, 1.807) is 0 Å². The molecule has 2 aliphatic rings. The summed E-state index contributed by atoms with van der Waals surface area (Å²) in [5.74, 6) is 0.753. The monoisotopic (exact) mass is 297 g/mol. The first-order valence-corrected chi connectivity index (χ1v) is 8.53. The minimum atomic E-state index is 0.0261. The number of hydrogen-bond donors (Lipinski definition) is 1. The number of carbonyl (C=O) groups excluding carboxylic acids is 1. The van der Waals surface area contributed by atoms with Crippen molar-refractivity contribution in [3.63, 3.8) is 0 Å². The van der Waals surface area contributed by atoms with Crippen molar-refractivity contribution in [2.24, 2.45) is 11.7 Å². The van der Waals surface area contributed by atoms with Gasteiger partial charge in [-0.25, -0.2) is 0 Å². The summed E-state index contributed by atoms with van der Waals surface area (Å²) >= 11 is 0. The van der Waals surface area contributed by atoms with Crippen LogP contribution in [0.3, 0.4) is 0 Å². The van der Waals surface area contributed by atoms with E-state index in [2.05, 4.69) is 18.7 Å². The lowest BCUT2D eigenvalue weighted by molar-refractivity contribution is -0.142. The topological polar surface area (TPSA) is 58.8 Å². The summed E-state index contributed by atoms with van der Waals surface area (Å²) < 4.78 is 5.45. The van der Waals surface area contributed by atoms with Gasteiger partial charge in [0, 0.05) is 32.2 Å². The van der Waals surface area contributed by atoms with Gasteiger partial charge in [0.05, 0.1) is 19.3 Å². The van der Waals surface area contributed by atoms with E-state index >= 15 is 0 Å². The van der Waals surface area contributed by atoms with Crippen LogP contribution in [0.1, 0.15) is 39.5 Å². The van der Waals surface area contributed by atoms with Gasteiger partial charge in [-0.15, -0.1) is 0 Å². The second-order valence-corrected chi connectivity index (χ2v) is 6.33. The highest BCUT2D eigenvalue weighted by atomic mass is 16.5. The summed E-state index contributed by atoms with van der Waals surface area (Å²) in [5, 5.41) is 0. The predicted octanol–water partition coefficient (Wildman–Crippen LogP) is 1.07. The first-order chi connectivity index (χ1) is 10.2. The van der Waals surface area contributed by atoms with Crippen molar-refractivity contribution in [1.29, 1.82) is 0 Å². The molecule has 0 aliphatic carbocycles. The summed E-state index contributed by atoms with van der Waals surface area (Å²) in [6, 6.07) is 0.294. The molecule has 0 spiro atoms. The third kappa shape index (κ3) is 4.18. The van der Waals surface area contributed by atoms with Gasteiger partial charge >= 0.3 is 0 Å². The Bertz CT molecular complexity index is 319. The van der Waals surface area contributed by atoms with E-state index in [-0.39, 0.29) is 12.1 Å². The maximum atomic E-state index is 13.1. The number of morpholine rings is 1. The zero-order valence-corrected chi connectivity index (χ0v) is 13.6. The van der Waals surface area contributed by atoms with Gasteiger partial charge in [0.1, 0.15) is 0 Å². The Labute approximate surface area is 128 Å². The fraction of sp³-hybridized carbons (Fsp3) is 0.938. The van der Waals surface area contributed by atoms with Gasteiger partial charge in [-0.1, -0.05) is 26.7 Å². The predicted molar refractivity (Wildman–Crippen MR) is 84.0 cm³/mol. The molecule has 1 atom stereocenters. The fourth-order valence-corrected chi connectivity index (χ4v) is 3.55. The third-order valence-electron chi connectivity index (χ3n) is 5.04. The molecule has 2 N–H and O–H groups in total. The molecule has 2 rings (SSSR count). The first-order valence-electron chi connectivity index (χ1n) is 8.53. The van der Waals surface area contributed by atoms with Crippen molar-refractivity contribution >= 4 is 5.91 Å². The molecular formula is C16H31N3O2. The van der Waals surface area contributed by atoms with Crippen LogP contribution >= 0.6 is 0 Å². The van der Waals surface area contributed by atoms with Crippen molar-refractivity contribution in [1.82, 2.24) is 9.80 Å². The molecule has 2 aliphatic heterocycles. The lowest BCUT2D eigenvalue weighted by Gasteiger charge is -2.41. The second kappa shape index (κ2) is 8.11. The highest BCUT2D eigenvalue weighted by Gasteiger charge is 2.36. The van der Waals surface area contributed by atoms with Crippen LogP contribution in [0.5, 0.6) is 0 Å². The van der Waals surface area contributed by atoms with E-state index in [1.807, 2.05) is 4.90 Å². The minimum Gasteiger partial charge on any atom is -0.379 e. The van der Waals surface area contributed by atoms with Crippen LogP contribution in [0, 0.1) is 5.92 Å². The fourth-order valence-electron chi connectivity index (χ4n) is 3.55. The smallest absolute Gasteiger partial charge is 0.240 e. The SMILES string of the molecule is CCC(CC)C(C(=O)N1CCC(N)CC1)N1CCOCC1. The molecule has 2 heterocycles.